The van der Waals surface area contributed by atoms with Crippen LogP contribution in [-0.4, -0.2) is 34.9 Å². The summed E-state index contributed by atoms with van der Waals surface area (Å²) in [5.41, 5.74) is 0.615. The topological polar surface area (TPSA) is 70.5 Å². The van der Waals surface area contributed by atoms with E-state index in [0.717, 1.165) is 0 Å². The number of carbonyl (C=O) groups excluding carboxylic acids is 1. The Labute approximate surface area is 120 Å². The number of aliphatic carboxylic acids is 1. The predicted molar refractivity (Wildman–Crippen MR) is 77.4 cm³/mol. The number of benzene rings is 1. The quantitative estimate of drug-likeness (QED) is 0.792. The number of nitrogens with zero attached hydrogens (tertiary/aromatic N) is 2. The molecule has 0 radical (unpaired) electrons. The lowest BCUT2D eigenvalue weighted by Crippen LogP contribution is -2.31. The van der Waals surface area contributed by atoms with Crippen molar-refractivity contribution in [1.29, 1.82) is 0 Å². The van der Waals surface area contributed by atoms with Crippen molar-refractivity contribution < 1.29 is 14.7 Å². The summed E-state index contributed by atoms with van der Waals surface area (Å²) >= 11 is 1.39. The maximum Gasteiger partial charge on any atom is 0.305 e. The minimum absolute atomic E-state index is 0.0261. The van der Waals surface area contributed by atoms with Crippen LogP contribution in [-0.2, 0) is 4.79 Å². The third-order valence-corrected chi connectivity index (χ3v) is 3.55. The Morgan fingerprint density at radius 1 is 1.25 bits per heavy atom. The largest absolute Gasteiger partial charge is 0.481 e. The monoisotopic (exact) mass is 290 g/mol. The summed E-state index contributed by atoms with van der Waals surface area (Å²) in [6.45, 7) is 0.395. The van der Waals surface area contributed by atoms with Gasteiger partial charge in [-0.05, 0) is 0 Å². The van der Waals surface area contributed by atoms with Gasteiger partial charge < -0.3 is 10.0 Å². The normalized spacial score (nSPS) is 10.2. The summed E-state index contributed by atoms with van der Waals surface area (Å²) in [5, 5.41) is 11.2. The number of Topliss-reactive ketones (excluding diaryl/α,β-unsaturated/α-hetero) is 1. The zero-order chi connectivity index (χ0) is 14.4. The zero-order valence-electron chi connectivity index (χ0n) is 10.7. The summed E-state index contributed by atoms with van der Waals surface area (Å²) in [6.07, 6.45) is 1.61. The maximum absolute atomic E-state index is 12.2. The van der Waals surface area contributed by atoms with Gasteiger partial charge in [0.15, 0.2) is 10.9 Å². The number of carbonyl (C=O) groups is 2. The van der Waals surface area contributed by atoms with Gasteiger partial charge in [0.25, 0.3) is 0 Å². The molecule has 1 N–H and O–H groups in total. The van der Waals surface area contributed by atoms with Gasteiger partial charge in [-0.2, -0.15) is 0 Å². The van der Waals surface area contributed by atoms with E-state index in [9.17, 15) is 9.59 Å². The van der Waals surface area contributed by atoms with E-state index in [4.69, 9.17) is 5.11 Å². The Balaban J connectivity index is 2.08. The second-order valence-corrected chi connectivity index (χ2v) is 5.04. The Bertz CT molecular complexity index is 569. The van der Waals surface area contributed by atoms with Crippen LogP contribution in [0, 0.1) is 0 Å². The van der Waals surface area contributed by atoms with Crippen molar-refractivity contribution in [3.8, 4) is 0 Å². The average molecular weight is 290 g/mol. The van der Waals surface area contributed by atoms with Crippen LogP contribution in [0.15, 0.2) is 41.9 Å². The summed E-state index contributed by atoms with van der Waals surface area (Å²) in [7, 11) is 0. The lowest BCUT2D eigenvalue weighted by molar-refractivity contribution is -0.136. The highest BCUT2D eigenvalue weighted by molar-refractivity contribution is 7.13. The van der Waals surface area contributed by atoms with Gasteiger partial charge in [-0.3, -0.25) is 9.59 Å². The van der Waals surface area contributed by atoms with Crippen molar-refractivity contribution >= 4 is 28.2 Å². The summed E-state index contributed by atoms with van der Waals surface area (Å²) in [6, 6.07) is 8.95. The number of carboxylic acids is 1. The standard InChI is InChI=1S/C14H14N2O3S/c17-12(11-4-2-1-3-5-11)10-16(8-6-13(18)19)14-15-7-9-20-14/h1-5,7,9H,6,8,10H2,(H,18,19). The summed E-state index contributed by atoms with van der Waals surface area (Å²) in [5.74, 6) is -0.940. The molecule has 1 aromatic heterocycles. The molecule has 0 bridgehead atoms. The Hall–Kier alpha value is -2.21. The number of anilines is 1. The molecule has 0 fully saturated rings. The van der Waals surface area contributed by atoms with Gasteiger partial charge in [-0.1, -0.05) is 30.3 Å². The van der Waals surface area contributed by atoms with Gasteiger partial charge in [0, 0.05) is 23.7 Å². The highest BCUT2D eigenvalue weighted by Crippen LogP contribution is 2.18. The fourth-order valence-corrected chi connectivity index (χ4v) is 2.40. The molecule has 0 unspecified atom stereocenters. The first-order valence-electron chi connectivity index (χ1n) is 6.11. The van der Waals surface area contributed by atoms with Crippen LogP contribution < -0.4 is 4.90 Å². The van der Waals surface area contributed by atoms with Gasteiger partial charge in [-0.25, -0.2) is 4.98 Å². The number of aromatic nitrogens is 1. The van der Waals surface area contributed by atoms with Crippen molar-refractivity contribution in [2.75, 3.05) is 18.0 Å². The highest BCUT2D eigenvalue weighted by Gasteiger charge is 2.16. The van der Waals surface area contributed by atoms with Gasteiger partial charge in [0.2, 0.25) is 0 Å². The lowest BCUT2D eigenvalue weighted by Gasteiger charge is -2.20. The molecule has 0 aliphatic rings. The van der Waals surface area contributed by atoms with E-state index in [-0.39, 0.29) is 25.3 Å². The minimum atomic E-state index is -0.890. The van der Waals surface area contributed by atoms with Crippen molar-refractivity contribution in [3.05, 3.63) is 47.5 Å². The SMILES string of the molecule is O=C(O)CCN(CC(=O)c1ccccc1)c1nccs1. The number of hydrogen-bond acceptors (Lipinski definition) is 5. The molecular weight excluding hydrogens is 276 g/mol. The molecule has 0 aliphatic carbocycles. The Morgan fingerprint density at radius 2 is 2.00 bits per heavy atom. The molecular formula is C14H14N2O3S. The van der Waals surface area contributed by atoms with Crippen molar-refractivity contribution in [1.82, 2.24) is 4.98 Å². The molecule has 104 valence electrons. The van der Waals surface area contributed by atoms with Crippen LogP contribution in [0.2, 0.25) is 0 Å². The Morgan fingerprint density at radius 3 is 2.60 bits per heavy atom. The molecule has 5 nitrogen and oxygen atoms in total. The fourth-order valence-electron chi connectivity index (χ4n) is 1.73. The third-order valence-electron chi connectivity index (χ3n) is 2.72. The molecule has 0 amide bonds. The van der Waals surface area contributed by atoms with Crippen molar-refractivity contribution in [2.24, 2.45) is 0 Å². The number of thiazole rings is 1. The molecule has 0 saturated heterocycles. The van der Waals surface area contributed by atoms with E-state index in [0.29, 0.717) is 10.7 Å². The first-order chi connectivity index (χ1) is 9.66. The smallest absolute Gasteiger partial charge is 0.305 e. The van der Waals surface area contributed by atoms with Crippen molar-refractivity contribution in [2.45, 2.75) is 6.42 Å². The molecule has 2 rings (SSSR count). The summed E-state index contributed by atoms with van der Waals surface area (Å²) < 4.78 is 0. The lowest BCUT2D eigenvalue weighted by atomic mass is 10.1. The molecule has 0 spiro atoms. The van der Waals surface area contributed by atoms with Gasteiger partial charge in [-0.15, -0.1) is 11.3 Å². The molecule has 0 aliphatic heterocycles. The van der Waals surface area contributed by atoms with E-state index in [1.165, 1.54) is 11.3 Å². The molecule has 0 saturated carbocycles. The van der Waals surface area contributed by atoms with Crippen molar-refractivity contribution in [3.63, 3.8) is 0 Å². The first kappa shape index (κ1) is 14.2. The van der Waals surface area contributed by atoms with Crippen LogP contribution in [0.3, 0.4) is 0 Å². The van der Waals surface area contributed by atoms with Gasteiger partial charge in [0.1, 0.15) is 0 Å². The summed E-state index contributed by atoms with van der Waals surface area (Å²) in [4.78, 5) is 28.7. The second kappa shape index (κ2) is 6.81. The molecule has 1 heterocycles. The van der Waals surface area contributed by atoms with Gasteiger partial charge in [0.05, 0.1) is 13.0 Å². The molecule has 6 heteroatoms. The van der Waals surface area contributed by atoms with E-state index < -0.39 is 5.97 Å². The van der Waals surface area contributed by atoms with E-state index >= 15 is 0 Å². The van der Waals surface area contributed by atoms with E-state index in [1.807, 2.05) is 6.07 Å². The maximum atomic E-state index is 12.2. The number of ketones is 1. The molecule has 1 aromatic carbocycles. The third kappa shape index (κ3) is 3.89. The van der Waals surface area contributed by atoms with Crippen LogP contribution in [0.25, 0.3) is 0 Å². The highest BCUT2D eigenvalue weighted by atomic mass is 32.1. The Kier molecular flexibility index (Phi) is 4.84. The number of hydrogen-bond donors (Lipinski definition) is 1. The molecule has 20 heavy (non-hydrogen) atoms. The van der Waals surface area contributed by atoms with E-state index in [1.54, 1.807) is 40.7 Å². The van der Waals surface area contributed by atoms with Crippen LogP contribution in [0.4, 0.5) is 5.13 Å². The predicted octanol–water partition coefficient (Wildman–Crippen LogP) is 2.31. The minimum Gasteiger partial charge on any atom is -0.481 e. The first-order valence-corrected chi connectivity index (χ1v) is 6.99. The van der Waals surface area contributed by atoms with Crippen LogP contribution in [0.1, 0.15) is 16.8 Å². The van der Waals surface area contributed by atoms with E-state index in [2.05, 4.69) is 4.98 Å². The van der Waals surface area contributed by atoms with Crippen LogP contribution >= 0.6 is 11.3 Å². The number of carboxylic acid groups (broad SMARTS) is 1. The number of rotatable bonds is 7. The molecule has 0 atom stereocenters. The fraction of sp³-hybridized carbons (Fsp3) is 0.214. The molecule has 2 aromatic rings. The average Bonchev–Trinajstić information content (AvgIpc) is 2.98. The van der Waals surface area contributed by atoms with Gasteiger partial charge >= 0.3 is 5.97 Å². The van der Waals surface area contributed by atoms with Crippen LogP contribution in [0.5, 0.6) is 0 Å². The second-order valence-electron chi connectivity index (χ2n) is 4.17. The zero-order valence-corrected chi connectivity index (χ0v) is 11.5.